The molecule has 0 unspecified atom stereocenters. The lowest BCUT2D eigenvalue weighted by atomic mass is 10.1. The third-order valence-corrected chi connectivity index (χ3v) is 2.38. The molecule has 1 nitrogen and oxygen atoms in total. The second-order valence-corrected chi connectivity index (χ2v) is 3.80. The summed E-state index contributed by atoms with van der Waals surface area (Å²) in [5, 5.41) is 9.05. The summed E-state index contributed by atoms with van der Waals surface area (Å²) >= 11 is 0. The fourth-order valence-corrected chi connectivity index (χ4v) is 1.38. The third kappa shape index (κ3) is 4.92. The van der Waals surface area contributed by atoms with Gasteiger partial charge in [-0.15, -0.1) is 5.73 Å². The number of aliphatic hydroxyl groups is 1. The highest BCUT2D eigenvalue weighted by molar-refractivity contribution is 5.19. The molecule has 0 bridgehead atoms. The molecular weight excluding hydrogens is 160 g/mol. The fourth-order valence-electron chi connectivity index (χ4n) is 1.38. The summed E-state index contributed by atoms with van der Waals surface area (Å²) < 4.78 is 0. The molecule has 1 rings (SSSR count). The Labute approximate surface area is 81.2 Å². The summed E-state index contributed by atoms with van der Waals surface area (Å²) in [6, 6.07) is 0. The predicted octanol–water partition coefficient (Wildman–Crippen LogP) is 3.19. The average molecular weight is 180 g/mol. The first kappa shape index (κ1) is 10.6. The van der Waals surface area contributed by atoms with Crippen LogP contribution in [0.3, 0.4) is 0 Å². The van der Waals surface area contributed by atoms with Gasteiger partial charge in [0.05, 0.1) is 6.61 Å². The highest BCUT2D eigenvalue weighted by atomic mass is 16.3. The van der Waals surface area contributed by atoms with Gasteiger partial charge >= 0.3 is 0 Å². The van der Waals surface area contributed by atoms with Crippen LogP contribution < -0.4 is 0 Å². The monoisotopic (exact) mass is 180 g/mol. The largest absolute Gasteiger partial charge is 0.391 e. The molecule has 0 aromatic carbocycles. The van der Waals surface area contributed by atoms with Gasteiger partial charge in [-0.05, 0) is 36.8 Å². The zero-order valence-electron chi connectivity index (χ0n) is 8.60. The Hall–Kier alpha value is -0.520. The lowest BCUT2D eigenvalue weighted by Gasteiger charge is -1.99. The summed E-state index contributed by atoms with van der Waals surface area (Å²) in [6.07, 6.45) is 8.55. The topological polar surface area (TPSA) is 20.2 Å². The van der Waals surface area contributed by atoms with Crippen LogP contribution in [0.2, 0.25) is 0 Å². The van der Waals surface area contributed by atoms with E-state index in [0.717, 1.165) is 12.0 Å². The lowest BCUT2D eigenvalue weighted by Crippen LogP contribution is -1.89. The van der Waals surface area contributed by atoms with Gasteiger partial charge in [0.1, 0.15) is 0 Å². The SMILES string of the molecule is CCCCCCC(=C=C1CC1)CO. The van der Waals surface area contributed by atoms with Crippen LogP contribution in [0.1, 0.15) is 51.9 Å². The minimum Gasteiger partial charge on any atom is -0.391 e. The Kier molecular flexibility index (Phi) is 4.88. The van der Waals surface area contributed by atoms with Crippen LogP contribution in [0.4, 0.5) is 0 Å². The maximum Gasteiger partial charge on any atom is 0.0715 e. The number of rotatable bonds is 6. The average Bonchev–Trinajstić information content (AvgIpc) is 2.94. The Morgan fingerprint density at radius 3 is 2.62 bits per heavy atom. The Morgan fingerprint density at radius 1 is 1.31 bits per heavy atom. The molecule has 0 saturated heterocycles. The van der Waals surface area contributed by atoms with Crippen LogP contribution >= 0.6 is 0 Å². The highest BCUT2D eigenvalue weighted by Gasteiger charge is 2.10. The van der Waals surface area contributed by atoms with Gasteiger partial charge in [-0.3, -0.25) is 0 Å². The molecule has 74 valence electrons. The van der Waals surface area contributed by atoms with E-state index < -0.39 is 0 Å². The van der Waals surface area contributed by atoms with Gasteiger partial charge in [-0.2, -0.15) is 0 Å². The second-order valence-electron chi connectivity index (χ2n) is 3.80. The summed E-state index contributed by atoms with van der Waals surface area (Å²) in [5.41, 5.74) is 5.82. The quantitative estimate of drug-likeness (QED) is 0.491. The zero-order chi connectivity index (χ0) is 9.52. The zero-order valence-corrected chi connectivity index (χ0v) is 8.60. The summed E-state index contributed by atoms with van der Waals surface area (Å²) in [4.78, 5) is 0. The van der Waals surface area contributed by atoms with Crippen molar-refractivity contribution in [3.63, 3.8) is 0 Å². The van der Waals surface area contributed by atoms with E-state index in [1.807, 2.05) is 0 Å². The van der Waals surface area contributed by atoms with E-state index in [1.54, 1.807) is 0 Å². The second kappa shape index (κ2) is 6.01. The summed E-state index contributed by atoms with van der Waals surface area (Å²) in [6.45, 7) is 2.42. The van der Waals surface area contributed by atoms with Crippen molar-refractivity contribution < 1.29 is 5.11 Å². The number of hydrogen-bond acceptors (Lipinski definition) is 1. The first-order valence-electron chi connectivity index (χ1n) is 5.44. The van der Waals surface area contributed by atoms with Crippen LogP contribution in [0.5, 0.6) is 0 Å². The van der Waals surface area contributed by atoms with Gasteiger partial charge in [-0.25, -0.2) is 0 Å². The molecule has 1 saturated carbocycles. The molecule has 1 N–H and O–H groups in total. The van der Waals surface area contributed by atoms with Gasteiger partial charge in [0.15, 0.2) is 0 Å². The molecule has 0 aromatic heterocycles. The molecule has 1 aliphatic carbocycles. The van der Waals surface area contributed by atoms with E-state index >= 15 is 0 Å². The van der Waals surface area contributed by atoms with Gasteiger partial charge in [0.2, 0.25) is 0 Å². The smallest absolute Gasteiger partial charge is 0.0715 e. The Morgan fingerprint density at radius 2 is 2.08 bits per heavy atom. The van der Waals surface area contributed by atoms with Crippen molar-refractivity contribution >= 4 is 0 Å². The molecule has 13 heavy (non-hydrogen) atoms. The van der Waals surface area contributed by atoms with E-state index in [9.17, 15) is 0 Å². The van der Waals surface area contributed by atoms with E-state index in [-0.39, 0.29) is 6.61 Å². The van der Waals surface area contributed by atoms with Crippen LogP contribution in [-0.2, 0) is 0 Å². The van der Waals surface area contributed by atoms with Crippen molar-refractivity contribution in [1.29, 1.82) is 0 Å². The molecule has 0 amide bonds. The maximum atomic E-state index is 9.05. The first-order chi connectivity index (χ1) is 6.36. The van der Waals surface area contributed by atoms with Crippen molar-refractivity contribution in [3.05, 3.63) is 16.9 Å². The fraction of sp³-hybridized carbons (Fsp3) is 0.750. The molecule has 1 aliphatic rings. The van der Waals surface area contributed by atoms with Crippen molar-refractivity contribution in [1.82, 2.24) is 0 Å². The van der Waals surface area contributed by atoms with Gasteiger partial charge in [0.25, 0.3) is 0 Å². The number of aliphatic hydroxyl groups excluding tert-OH is 1. The minimum atomic E-state index is 0.204. The molecule has 1 heteroatoms. The van der Waals surface area contributed by atoms with E-state index in [4.69, 9.17) is 5.11 Å². The number of unbranched alkanes of at least 4 members (excludes halogenated alkanes) is 3. The number of hydrogen-bond donors (Lipinski definition) is 1. The molecule has 0 radical (unpaired) electrons. The van der Waals surface area contributed by atoms with E-state index in [1.165, 1.54) is 44.1 Å². The Balaban J connectivity index is 2.21. The van der Waals surface area contributed by atoms with E-state index in [0.29, 0.717) is 0 Å². The minimum absolute atomic E-state index is 0.204. The standard InChI is InChI=1S/C12H20O/c1-2-3-4-5-6-12(10-13)9-11-7-8-11/h13H,2-8,10H2,1H3. The maximum absolute atomic E-state index is 9.05. The third-order valence-electron chi connectivity index (χ3n) is 2.38. The van der Waals surface area contributed by atoms with Crippen molar-refractivity contribution in [2.75, 3.05) is 6.61 Å². The summed E-state index contributed by atoms with van der Waals surface area (Å²) in [7, 11) is 0. The van der Waals surface area contributed by atoms with Crippen LogP contribution in [0.15, 0.2) is 16.9 Å². The molecular formula is C12H20O. The van der Waals surface area contributed by atoms with Gasteiger partial charge in [-0.1, -0.05) is 26.2 Å². The van der Waals surface area contributed by atoms with Crippen LogP contribution in [0, 0.1) is 0 Å². The normalized spacial score (nSPS) is 14.2. The van der Waals surface area contributed by atoms with E-state index in [2.05, 4.69) is 12.7 Å². The Bertz CT molecular complexity index is 203. The lowest BCUT2D eigenvalue weighted by molar-refractivity contribution is 0.325. The van der Waals surface area contributed by atoms with Crippen molar-refractivity contribution in [2.45, 2.75) is 51.9 Å². The molecule has 0 aromatic rings. The molecule has 1 fully saturated rings. The molecule has 0 spiro atoms. The highest BCUT2D eigenvalue weighted by Crippen LogP contribution is 2.27. The van der Waals surface area contributed by atoms with Crippen molar-refractivity contribution in [2.24, 2.45) is 0 Å². The van der Waals surface area contributed by atoms with Crippen molar-refractivity contribution in [3.8, 4) is 0 Å². The van der Waals surface area contributed by atoms with Gasteiger partial charge in [0, 0.05) is 0 Å². The predicted molar refractivity (Wildman–Crippen MR) is 55.6 cm³/mol. The van der Waals surface area contributed by atoms with Crippen LogP contribution in [0.25, 0.3) is 0 Å². The molecule has 0 heterocycles. The van der Waals surface area contributed by atoms with Gasteiger partial charge < -0.3 is 5.11 Å². The first-order valence-corrected chi connectivity index (χ1v) is 5.44. The summed E-state index contributed by atoms with van der Waals surface area (Å²) in [5.74, 6) is 0. The molecule has 0 aliphatic heterocycles. The van der Waals surface area contributed by atoms with Crippen LogP contribution in [-0.4, -0.2) is 11.7 Å². The molecule has 0 atom stereocenters.